The largest absolute Gasteiger partial charge is 0.379 e. The molecule has 1 saturated heterocycles. The van der Waals surface area contributed by atoms with Crippen LogP contribution in [0.4, 0.5) is 10.1 Å². The number of hydrogen-bond donors (Lipinski definition) is 3. The molecule has 98 valence electrons. The van der Waals surface area contributed by atoms with Crippen molar-refractivity contribution in [3.8, 4) is 0 Å². The molecule has 1 amide bonds. The molecule has 1 aliphatic rings. The molecule has 0 aliphatic carbocycles. The van der Waals surface area contributed by atoms with Gasteiger partial charge in [0.05, 0.1) is 5.69 Å². The van der Waals surface area contributed by atoms with Crippen LogP contribution in [0.2, 0.25) is 0 Å². The molecule has 0 aromatic heterocycles. The summed E-state index contributed by atoms with van der Waals surface area (Å²) in [6, 6.07) is 4.51. The summed E-state index contributed by atoms with van der Waals surface area (Å²) in [5, 5.41) is 6.47. The van der Waals surface area contributed by atoms with Gasteiger partial charge in [0.1, 0.15) is 5.82 Å². The molecular weight excluding hydrogens is 233 g/mol. The Morgan fingerprint density at radius 2 is 2.28 bits per heavy atom. The van der Waals surface area contributed by atoms with Crippen LogP contribution in [-0.4, -0.2) is 25.0 Å². The van der Waals surface area contributed by atoms with Crippen LogP contribution >= 0.6 is 0 Å². The quantitative estimate of drug-likeness (QED) is 0.762. The topological polar surface area (TPSA) is 67.2 Å². The van der Waals surface area contributed by atoms with Crippen LogP contribution in [0.15, 0.2) is 18.2 Å². The lowest BCUT2D eigenvalue weighted by Crippen LogP contribution is -2.31. The van der Waals surface area contributed by atoms with Crippen molar-refractivity contribution in [3.05, 3.63) is 29.6 Å². The highest BCUT2D eigenvalue weighted by Gasteiger charge is 2.14. The lowest BCUT2D eigenvalue weighted by molar-refractivity contribution is 0.1000. The van der Waals surface area contributed by atoms with E-state index in [-0.39, 0.29) is 11.6 Å². The van der Waals surface area contributed by atoms with Gasteiger partial charge in [-0.1, -0.05) is 6.42 Å². The number of rotatable bonds is 3. The van der Waals surface area contributed by atoms with Gasteiger partial charge in [0.2, 0.25) is 5.91 Å². The summed E-state index contributed by atoms with van der Waals surface area (Å²) >= 11 is 0. The summed E-state index contributed by atoms with van der Waals surface area (Å²) in [6.45, 7) is 1.85. The Kier molecular flexibility index (Phi) is 4.15. The Bertz CT molecular complexity index is 428. The number of benzene rings is 1. The number of amides is 1. The van der Waals surface area contributed by atoms with Gasteiger partial charge in [-0.25, -0.2) is 4.39 Å². The van der Waals surface area contributed by atoms with Crippen LogP contribution in [0.5, 0.6) is 0 Å². The SMILES string of the molecule is NC(=O)c1ccc(NC2CCCCNC2)c(F)c1. The first-order valence-electron chi connectivity index (χ1n) is 6.23. The monoisotopic (exact) mass is 251 g/mol. The Hall–Kier alpha value is -1.62. The normalized spacial score (nSPS) is 20.2. The van der Waals surface area contributed by atoms with Crippen molar-refractivity contribution in [2.45, 2.75) is 25.3 Å². The Morgan fingerprint density at radius 1 is 1.44 bits per heavy atom. The van der Waals surface area contributed by atoms with E-state index in [1.165, 1.54) is 12.1 Å². The number of carbonyl (C=O) groups is 1. The third kappa shape index (κ3) is 3.20. The summed E-state index contributed by atoms with van der Waals surface area (Å²) < 4.78 is 13.8. The molecular formula is C13H18FN3O. The van der Waals surface area contributed by atoms with Crippen LogP contribution in [-0.2, 0) is 0 Å². The fourth-order valence-corrected chi connectivity index (χ4v) is 2.15. The van der Waals surface area contributed by atoms with Crippen LogP contribution in [0, 0.1) is 5.82 Å². The van der Waals surface area contributed by atoms with Gasteiger partial charge in [0.15, 0.2) is 0 Å². The second kappa shape index (κ2) is 5.82. The molecule has 2 rings (SSSR count). The summed E-state index contributed by atoms with van der Waals surface area (Å²) in [6.07, 6.45) is 3.30. The first-order valence-corrected chi connectivity index (χ1v) is 6.23. The zero-order valence-electron chi connectivity index (χ0n) is 10.2. The Balaban J connectivity index is 2.06. The first kappa shape index (κ1) is 12.8. The lowest BCUT2D eigenvalue weighted by Gasteiger charge is -2.18. The number of nitrogens with one attached hydrogen (secondary N) is 2. The predicted octanol–water partition coefficient (Wildman–Crippen LogP) is 1.48. The maximum Gasteiger partial charge on any atom is 0.248 e. The van der Waals surface area contributed by atoms with E-state index >= 15 is 0 Å². The fourth-order valence-electron chi connectivity index (χ4n) is 2.15. The van der Waals surface area contributed by atoms with Gasteiger partial charge in [-0.05, 0) is 37.6 Å². The zero-order chi connectivity index (χ0) is 13.0. The van der Waals surface area contributed by atoms with E-state index < -0.39 is 11.7 Å². The van der Waals surface area contributed by atoms with Gasteiger partial charge < -0.3 is 16.4 Å². The number of halogens is 1. The minimum Gasteiger partial charge on any atom is -0.379 e. The molecule has 0 bridgehead atoms. The third-order valence-corrected chi connectivity index (χ3v) is 3.16. The Labute approximate surface area is 106 Å². The van der Waals surface area contributed by atoms with Crippen molar-refractivity contribution in [1.82, 2.24) is 5.32 Å². The molecule has 1 aliphatic heterocycles. The number of anilines is 1. The highest BCUT2D eigenvalue weighted by Crippen LogP contribution is 2.18. The standard InChI is InChI=1S/C13H18FN3O/c14-11-7-9(13(15)18)4-5-12(11)17-10-3-1-2-6-16-8-10/h4-5,7,10,16-17H,1-3,6,8H2,(H2,15,18). The van der Waals surface area contributed by atoms with Crippen molar-refractivity contribution >= 4 is 11.6 Å². The lowest BCUT2D eigenvalue weighted by atomic mass is 10.1. The number of carbonyl (C=O) groups excluding carboxylic acids is 1. The third-order valence-electron chi connectivity index (χ3n) is 3.16. The van der Waals surface area contributed by atoms with E-state index in [0.29, 0.717) is 5.69 Å². The molecule has 1 aromatic carbocycles. The summed E-state index contributed by atoms with van der Waals surface area (Å²) in [5.74, 6) is -1.05. The smallest absolute Gasteiger partial charge is 0.248 e. The van der Waals surface area contributed by atoms with Crippen LogP contribution in [0.1, 0.15) is 29.6 Å². The highest BCUT2D eigenvalue weighted by molar-refractivity contribution is 5.93. The average molecular weight is 251 g/mol. The van der Waals surface area contributed by atoms with Crippen molar-refractivity contribution in [2.75, 3.05) is 18.4 Å². The van der Waals surface area contributed by atoms with Crippen LogP contribution in [0.25, 0.3) is 0 Å². The first-order chi connectivity index (χ1) is 8.66. The molecule has 1 fully saturated rings. The highest BCUT2D eigenvalue weighted by atomic mass is 19.1. The van der Waals surface area contributed by atoms with Gasteiger partial charge in [-0.2, -0.15) is 0 Å². The predicted molar refractivity (Wildman–Crippen MR) is 69.0 cm³/mol. The second-order valence-electron chi connectivity index (χ2n) is 4.60. The van der Waals surface area contributed by atoms with Crippen molar-refractivity contribution < 1.29 is 9.18 Å². The zero-order valence-corrected chi connectivity index (χ0v) is 10.2. The van der Waals surface area contributed by atoms with Crippen molar-refractivity contribution in [2.24, 2.45) is 5.73 Å². The van der Waals surface area contributed by atoms with Gasteiger partial charge in [-0.3, -0.25) is 4.79 Å². The van der Waals surface area contributed by atoms with Gasteiger partial charge in [0, 0.05) is 18.2 Å². The second-order valence-corrected chi connectivity index (χ2v) is 4.60. The Morgan fingerprint density at radius 3 is 3.00 bits per heavy atom. The van der Waals surface area contributed by atoms with Gasteiger partial charge in [-0.15, -0.1) is 0 Å². The number of hydrogen-bond acceptors (Lipinski definition) is 3. The minimum atomic E-state index is -0.614. The maximum atomic E-state index is 13.8. The molecule has 1 atom stereocenters. The summed E-state index contributed by atoms with van der Waals surface area (Å²) in [7, 11) is 0. The molecule has 1 aromatic rings. The van der Waals surface area contributed by atoms with E-state index in [4.69, 9.17) is 5.73 Å². The summed E-state index contributed by atoms with van der Waals surface area (Å²) in [4.78, 5) is 10.9. The molecule has 4 nitrogen and oxygen atoms in total. The molecule has 4 N–H and O–H groups in total. The molecule has 0 saturated carbocycles. The van der Waals surface area contributed by atoms with E-state index in [1.54, 1.807) is 6.07 Å². The molecule has 5 heteroatoms. The van der Waals surface area contributed by atoms with Crippen molar-refractivity contribution in [1.29, 1.82) is 0 Å². The maximum absolute atomic E-state index is 13.8. The molecule has 1 heterocycles. The van der Waals surface area contributed by atoms with E-state index in [0.717, 1.165) is 32.4 Å². The van der Waals surface area contributed by atoms with Crippen molar-refractivity contribution in [3.63, 3.8) is 0 Å². The van der Waals surface area contributed by atoms with Gasteiger partial charge in [0.25, 0.3) is 0 Å². The minimum absolute atomic E-state index is 0.192. The molecule has 1 unspecified atom stereocenters. The van der Waals surface area contributed by atoms with E-state index in [2.05, 4.69) is 10.6 Å². The number of nitrogens with two attached hydrogens (primary N) is 1. The average Bonchev–Trinajstić information content (AvgIpc) is 2.60. The molecule has 18 heavy (non-hydrogen) atoms. The van der Waals surface area contributed by atoms with E-state index in [1.807, 2.05) is 0 Å². The van der Waals surface area contributed by atoms with E-state index in [9.17, 15) is 9.18 Å². The fraction of sp³-hybridized carbons (Fsp3) is 0.462. The van der Waals surface area contributed by atoms with Crippen LogP contribution in [0.3, 0.4) is 0 Å². The molecule has 0 radical (unpaired) electrons. The molecule has 0 spiro atoms. The van der Waals surface area contributed by atoms with Gasteiger partial charge >= 0.3 is 0 Å². The summed E-state index contributed by atoms with van der Waals surface area (Å²) in [5.41, 5.74) is 5.72. The number of primary amides is 1. The van der Waals surface area contributed by atoms with Crippen LogP contribution < -0.4 is 16.4 Å².